The Morgan fingerprint density at radius 1 is 1.10 bits per heavy atom. The lowest BCUT2D eigenvalue weighted by Gasteiger charge is -2.08. The van der Waals surface area contributed by atoms with E-state index in [9.17, 15) is 13.6 Å². The molecule has 0 radical (unpaired) electrons. The highest BCUT2D eigenvalue weighted by molar-refractivity contribution is 6.04. The van der Waals surface area contributed by atoms with Crippen LogP contribution in [0.1, 0.15) is 10.4 Å². The zero-order chi connectivity index (χ0) is 15.2. The van der Waals surface area contributed by atoms with Gasteiger partial charge in [-0.25, -0.2) is 0 Å². The summed E-state index contributed by atoms with van der Waals surface area (Å²) < 4.78 is 33.5. The average molecular weight is 293 g/mol. The molecule has 0 saturated heterocycles. The number of carbonyl (C=O) groups is 1. The summed E-state index contributed by atoms with van der Waals surface area (Å²) in [5, 5.41) is 2.65. The molecule has 1 N–H and O–H groups in total. The van der Waals surface area contributed by atoms with Crippen molar-refractivity contribution in [2.24, 2.45) is 0 Å². The number of carbonyl (C=O) groups excluding carboxylic acids is 1. The van der Waals surface area contributed by atoms with Crippen molar-refractivity contribution < 1.29 is 23.0 Å². The molecule has 0 heterocycles. The third kappa shape index (κ3) is 4.17. The number of ether oxygens (including phenoxy) is 2. The number of alkyl halides is 2. The average Bonchev–Trinajstić information content (AvgIpc) is 2.47. The number of rotatable bonds is 5. The summed E-state index contributed by atoms with van der Waals surface area (Å²) >= 11 is 0. The highest BCUT2D eigenvalue weighted by atomic mass is 19.3. The van der Waals surface area contributed by atoms with Gasteiger partial charge in [0, 0.05) is 11.3 Å². The van der Waals surface area contributed by atoms with Crippen LogP contribution in [-0.4, -0.2) is 19.6 Å². The Kier molecular flexibility index (Phi) is 4.71. The normalized spacial score (nSPS) is 10.3. The van der Waals surface area contributed by atoms with Crippen LogP contribution in [0.15, 0.2) is 48.5 Å². The van der Waals surface area contributed by atoms with Crippen molar-refractivity contribution in [2.45, 2.75) is 6.61 Å². The zero-order valence-corrected chi connectivity index (χ0v) is 11.2. The fourth-order valence-corrected chi connectivity index (χ4v) is 1.69. The van der Waals surface area contributed by atoms with Gasteiger partial charge in [0.05, 0.1) is 7.11 Å². The van der Waals surface area contributed by atoms with Gasteiger partial charge in [-0.15, -0.1) is 0 Å². The predicted octanol–water partition coefficient (Wildman–Crippen LogP) is 3.55. The Morgan fingerprint density at radius 3 is 2.43 bits per heavy atom. The summed E-state index contributed by atoms with van der Waals surface area (Å²) in [6, 6.07) is 12.4. The first-order valence-electron chi connectivity index (χ1n) is 6.09. The van der Waals surface area contributed by atoms with E-state index in [4.69, 9.17) is 4.74 Å². The topological polar surface area (TPSA) is 47.6 Å². The maximum absolute atomic E-state index is 12.1. The van der Waals surface area contributed by atoms with Gasteiger partial charge in [0.25, 0.3) is 5.91 Å². The van der Waals surface area contributed by atoms with E-state index in [-0.39, 0.29) is 11.3 Å². The van der Waals surface area contributed by atoms with Gasteiger partial charge >= 0.3 is 6.61 Å². The van der Waals surface area contributed by atoms with Crippen LogP contribution in [0.2, 0.25) is 0 Å². The van der Waals surface area contributed by atoms with Crippen LogP contribution in [0.5, 0.6) is 11.5 Å². The molecule has 0 atom stereocenters. The summed E-state index contributed by atoms with van der Waals surface area (Å²) in [5.41, 5.74) is 0.796. The molecule has 0 saturated carbocycles. The molecule has 0 aliphatic heterocycles. The highest BCUT2D eigenvalue weighted by Crippen LogP contribution is 2.19. The molecule has 1 amide bonds. The van der Waals surface area contributed by atoms with Gasteiger partial charge in [-0.1, -0.05) is 6.07 Å². The van der Waals surface area contributed by atoms with E-state index in [0.717, 1.165) is 0 Å². The number of methoxy groups -OCH3 is 1. The number of hydrogen-bond donors (Lipinski definition) is 1. The standard InChI is InChI=1S/C15H13F2NO3/c1-20-12-7-5-11(6-8-12)18-14(19)10-3-2-4-13(9-10)21-15(16)17/h2-9,15H,1H3,(H,18,19). The minimum atomic E-state index is -2.93. The minimum absolute atomic E-state index is 0.0626. The lowest BCUT2D eigenvalue weighted by Crippen LogP contribution is -2.12. The quantitative estimate of drug-likeness (QED) is 0.917. The van der Waals surface area contributed by atoms with Crippen molar-refractivity contribution >= 4 is 11.6 Å². The highest BCUT2D eigenvalue weighted by Gasteiger charge is 2.09. The lowest BCUT2D eigenvalue weighted by atomic mass is 10.2. The monoisotopic (exact) mass is 293 g/mol. The van der Waals surface area contributed by atoms with Gasteiger partial charge in [-0.05, 0) is 42.5 Å². The third-order valence-electron chi connectivity index (χ3n) is 2.67. The van der Waals surface area contributed by atoms with Gasteiger partial charge in [0.2, 0.25) is 0 Å². The Morgan fingerprint density at radius 2 is 1.81 bits per heavy atom. The van der Waals surface area contributed by atoms with Crippen LogP contribution in [0.3, 0.4) is 0 Å². The van der Waals surface area contributed by atoms with Gasteiger partial charge in [0.15, 0.2) is 0 Å². The molecule has 0 spiro atoms. The van der Waals surface area contributed by atoms with Crippen LogP contribution in [-0.2, 0) is 0 Å². The zero-order valence-electron chi connectivity index (χ0n) is 11.2. The van der Waals surface area contributed by atoms with E-state index in [1.807, 2.05) is 0 Å². The molecule has 2 aromatic rings. The molecular weight excluding hydrogens is 280 g/mol. The number of nitrogens with one attached hydrogen (secondary N) is 1. The maximum Gasteiger partial charge on any atom is 0.387 e. The molecule has 2 rings (SSSR count). The van der Waals surface area contributed by atoms with Gasteiger partial charge in [-0.2, -0.15) is 8.78 Å². The van der Waals surface area contributed by atoms with Crippen LogP contribution in [0.4, 0.5) is 14.5 Å². The van der Waals surface area contributed by atoms with Crippen LogP contribution in [0, 0.1) is 0 Å². The molecule has 110 valence electrons. The van der Waals surface area contributed by atoms with E-state index < -0.39 is 12.5 Å². The second kappa shape index (κ2) is 6.69. The Hall–Kier alpha value is -2.63. The van der Waals surface area contributed by atoms with Gasteiger partial charge in [0.1, 0.15) is 11.5 Å². The van der Waals surface area contributed by atoms with Crippen LogP contribution in [0.25, 0.3) is 0 Å². The van der Waals surface area contributed by atoms with Crippen molar-refractivity contribution in [3.05, 3.63) is 54.1 Å². The van der Waals surface area contributed by atoms with E-state index in [2.05, 4.69) is 10.1 Å². The fraction of sp³-hybridized carbons (Fsp3) is 0.133. The van der Waals surface area contributed by atoms with Crippen molar-refractivity contribution in [3.63, 3.8) is 0 Å². The molecule has 0 aliphatic rings. The summed E-state index contributed by atoms with van der Waals surface area (Å²) in [5.74, 6) is 0.188. The molecule has 0 fully saturated rings. The molecule has 0 bridgehead atoms. The lowest BCUT2D eigenvalue weighted by molar-refractivity contribution is -0.0498. The Balaban J connectivity index is 2.08. The largest absolute Gasteiger partial charge is 0.497 e. The summed E-state index contributed by atoms with van der Waals surface area (Å²) in [6.07, 6.45) is 0. The first kappa shape index (κ1) is 14.8. The smallest absolute Gasteiger partial charge is 0.387 e. The van der Waals surface area contributed by atoms with Gasteiger partial charge in [-0.3, -0.25) is 4.79 Å². The number of amides is 1. The van der Waals surface area contributed by atoms with Gasteiger partial charge < -0.3 is 14.8 Å². The number of anilines is 1. The summed E-state index contributed by atoms with van der Waals surface area (Å²) in [4.78, 5) is 12.0. The summed E-state index contributed by atoms with van der Waals surface area (Å²) in [6.45, 7) is -2.93. The first-order chi connectivity index (χ1) is 10.1. The molecule has 2 aromatic carbocycles. The van der Waals surface area contributed by atoms with Crippen LogP contribution < -0.4 is 14.8 Å². The molecule has 4 nitrogen and oxygen atoms in total. The number of hydrogen-bond acceptors (Lipinski definition) is 3. The van der Waals surface area contributed by atoms with Crippen molar-refractivity contribution in [1.29, 1.82) is 0 Å². The SMILES string of the molecule is COc1ccc(NC(=O)c2cccc(OC(F)F)c2)cc1. The second-order valence-electron chi connectivity index (χ2n) is 4.09. The first-order valence-corrected chi connectivity index (χ1v) is 6.09. The Labute approximate surface area is 120 Å². The van der Waals surface area contributed by atoms with E-state index in [1.54, 1.807) is 31.4 Å². The molecule has 6 heteroatoms. The minimum Gasteiger partial charge on any atom is -0.497 e. The summed E-state index contributed by atoms with van der Waals surface area (Å²) in [7, 11) is 1.54. The molecule has 21 heavy (non-hydrogen) atoms. The van der Waals surface area contributed by atoms with E-state index >= 15 is 0 Å². The maximum atomic E-state index is 12.1. The molecule has 0 aliphatic carbocycles. The molecular formula is C15H13F2NO3. The van der Waals surface area contributed by atoms with E-state index in [1.165, 1.54) is 24.3 Å². The van der Waals surface area contributed by atoms with E-state index in [0.29, 0.717) is 11.4 Å². The van der Waals surface area contributed by atoms with Crippen molar-refractivity contribution in [2.75, 3.05) is 12.4 Å². The van der Waals surface area contributed by atoms with Crippen molar-refractivity contribution in [1.82, 2.24) is 0 Å². The fourth-order valence-electron chi connectivity index (χ4n) is 1.69. The number of halogens is 2. The third-order valence-corrected chi connectivity index (χ3v) is 2.67. The molecule has 0 aromatic heterocycles. The molecule has 0 unspecified atom stereocenters. The predicted molar refractivity (Wildman–Crippen MR) is 74.0 cm³/mol. The Bertz CT molecular complexity index is 615. The van der Waals surface area contributed by atoms with Crippen molar-refractivity contribution in [3.8, 4) is 11.5 Å². The number of benzene rings is 2. The van der Waals surface area contributed by atoms with Crippen LogP contribution >= 0.6 is 0 Å². The second-order valence-corrected chi connectivity index (χ2v) is 4.09.